The molecule has 0 aliphatic carbocycles. The molecule has 102 valence electrons. The van der Waals surface area contributed by atoms with Gasteiger partial charge in [-0.25, -0.2) is 0 Å². The van der Waals surface area contributed by atoms with Gasteiger partial charge >= 0.3 is 0 Å². The molecular weight excluding hydrogens is 232 g/mol. The van der Waals surface area contributed by atoms with E-state index in [4.69, 9.17) is 5.73 Å². The third-order valence-corrected chi connectivity index (χ3v) is 4.26. The Balaban J connectivity index is 2.23. The van der Waals surface area contributed by atoms with Crippen molar-refractivity contribution in [3.8, 4) is 0 Å². The van der Waals surface area contributed by atoms with Crippen molar-refractivity contribution in [3.63, 3.8) is 0 Å². The van der Waals surface area contributed by atoms with Gasteiger partial charge in [0.15, 0.2) is 0 Å². The largest absolute Gasteiger partial charge is 0.329 e. The Bertz CT molecular complexity index is 542. The van der Waals surface area contributed by atoms with Crippen molar-refractivity contribution < 1.29 is 0 Å². The molecule has 0 amide bonds. The Labute approximate surface area is 116 Å². The molecule has 0 radical (unpaired) electrons. The highest BCUT2D eigenvalue weighted by atomic mass is 15.0. The van der Waals surface area contributed by atoms with E-state index in [1.54, 1.807) is 0 Å². The first kappa shape index (κ1) is 14.0. The fourth-order valence-corrected chi connectivity index (χ4v) is 2.26. The van der Waals surface area contributed by atoms with Gasteiger partial charge in [-0.2, -0.15) is 0 Å². The summed E-state index contributed by atoms with van der Waals surface area (Å²) in [5.41, 5.74) is 7.24. The summed E-state index contributed by atoms with van der Waals surface area (Å²) in [5, 5.41) is 6.24. The van der Waals surface area contributed by atoms with E-state index in [9.17, 15) is 0 Å². The predicted octanol–water partition coefficient (Wildman–Crippen LogP) is 3.30. The van der Waals surface area contributed by atoms with Gasteiger partial charge in [0, 0.05) is 18.6 Å². The van der Waals surface area contributed by atoms with Crippen LogP contribution in [0.5, 0.6) is 0 Å². The second-order valence-electron chi connectivity index (χ2n) is 5.77. The number of hydrogen-bond acceptors (Lipinski definition) is 2. The second-order valence-corrected chi connectivity index (χ2v) is 5.77. The van der Waals surface area contributed by atoms with Crippen molar-refractivity contribution in [2.24, 2.45) is 11.7 Å². The van der Waals surface area contributed by atoms with Crippen LogP contribution in [0.4, 0.5) is 0 Å². The second kappa shape index (κ2) is 5.72. The van der Waals surface area contributed by atoms with Crippen LogP contribution in [0.1, 0.15) is 26.3 Å². The first-order valence-corrected chi connectivity index (χ1v) is 6.98. The smallest absolute Gasteiger partial charge is 0.0301 e. The molecule has 2 nitrogen and oxygen atoms in total. The lowest BCUT2D eigenvalue weighted by Gasteiger charge is -2.34. The summed E-state index contributed by atoms with van der Waals surface area (Å²) in [7, 11) is 0. The molecule has 0 fully saturated rings. The fraction of sp³-hybridized carbons (Fsp3) is 0.412. The molecule has 2 rings (SSSR count). The van der Waals surface area contributed by atoms with E-state index in [1.807, 2.05) is 0 Å². The molecule has 2 aromatic rings. The van der Waals surface area contributed by atoms with Crippen molar-refractivity contribution >= 4 is 10.8 Å². The monoisotopic (exact) mass is 256 g/mol. The zero-order valence-electron chi connectivity index (χ0n) is 12.1. The van der Waals surface area contributed by atoms with Gasteiger partial charge in [-0.05, 0) is 29.2 Å². The van der Waals surface area contributed by atoms with Crippen LogP contribution >= 0.6 is 0 Å². The van der Waals surface area contributed by atoms with Crippen LogP contribution in [0, 0.1) is 5.92 Å². The van der Waals surface area contributed by atoms with E-state index in [1.165, 1.54) is 16.3 Å². The third-order valence-electron chi connectivity index (χ3n) is 4.26. The lowest BCUT2D eigenvalue weighted by Crippen LogP contribution is -2.52. The molecule has 19 heavy (non-hydrogen) atoms. The first-order valence-electron chi connectivity index (χ1n) is 6.98. The number of hydrogen-bond donors (Lipinski definition) is 2. The minimum Gasteiger partial charge on any atom is -0.329 e. The van der Waals surface area contributed by atoms with E-state index in [0.29, 0.717) is 12.5 Å². The van der Waals surface area contributed by atoms with Crippen molar-refractivity contribution in [1.82, 2.24) is 5.32 Å². The molecule has 0 saturated heterocycles. The summed E-state index contributed by atoms with van der Waals surface area (Å²) in [6.45, 7) is 8.12. The van der Waals surface area contributed by atoms with Gasteiger partial charge in [-0.1, -0.05) is 56.3 Å². The highest BCUT2D eigenvalue weighted by molar-refractivity contribution is 5.85. The highest BCUT2D eigenvalue weighted by Crippen LogP contribution is 2.20. The van der Waals surface area contributed by atoms with Gasteiger partial charge in [0.05, 0.1) is 0 Å². The summed E-state index contributed by atoms with van der Waals surface area (Å²) in [6, 6.07) is 15.0. The van der Waals surface area contributed by atoms with Gasteiger partial charge in [0.25, 0.3) is 0 Å². The van der Waals surface area contributed by atoms with Crippen molar-refractivity contribution in [1.29, 1.82) is 0 Å². The van der Waals surface area contributed by atoms with E-state index >= 15 is 0 Å². The number of benzene rings is 2. The van der Waals surface area contributed by atoms with Gasteiger partial charge in [-0.3, -0.25) is 0 Å². The third kappa shape index (κ3) is 2.96. The predicted molar refractivity (Wildman–Crippen MR) is 83.1 cm³/mol. The summed E-state index contributed by atoms with van der Waals surface area (Å²) in [6.07, 6.45) is 0. The quantitative estimate of drug-likeness (QED) is 0.861. The maximum Gasteiger partial charge on any atom is 0.0301 e. The fourth-order valence-electron chi connectivity index (χ4n) is 2.26. The molecule has 1 atom stereocenters. The van der Waals surface area contributed by atoms with Crippen LogP contribution in [0.2, 0.25) is 0 Å². The summed E-state index contributed by atoms with van der Waals surface area (Å²) in [4.78, 5) is 0. The normalized spacial score (nSPS) is 14.8. The van der Waals surface area contributed by atoms with Crippen LogP contribution < -0.4 is 11.1 Å². The Hall–Kier alpha value is -1.38. The first-order chi connectivity index (χ1) is 9.07. The Kier molecular flexibility index (Phi) is 4.23. The van der Waals surface area contributed by atoms with Crippen molar-refractivity contribution in [2.45, 2.75) is 32.9 Å². The number of nitrogens with two attached hydrogens (primary N) is 1. The summed E-state index contributed by atoms with van der Waals surface area (Å²) >= 11 is 0. The van der Waals surface area contributed by atoms with Gasteiger partial charge in [0.1, 0.15) is 0 Å². The zero-order valence-corrected chi connectivity index (χ0v) is 12.1. The van der Waals surface area contributed by atoms with E-state index in [2.05, 4.69) is 68.6 Å². The van der Waals surface area contributed by atoms with E-state index in [-0.39, 0.29) is 5.54 Å². The van der Waals surface area contributed by atoms with Crippen molar-refractivity contribution in [2.75, 3.05) is 6.54 Å². The molecule has 0 aliphatic rings. The molecule has 2 aromatic carbocycles. The molecule has 0 spiro atoms. The topological polar surface area (TPSA) is 38.0 Å². The molecule has 0 heterocycles. The average Bonchev–Trinajstić information content (AvgIpc) is 2.44. The van der Waals surface area contributed by atoms with Crippen LogP contribution in [0.25, 0.3) is 10.8 Å². The number of rotatable bonds is 5. The zero-order chi connectivity index (χ0) is 13.9. The minimum atomic E-state index is -0.0169. The summed E-state index contributed by atoms with van der Waals surface area (Å²) < 4.78 is 0. The van der Waals surface area contributed by atoms with E-state index in [0.717, 1.165) is 6.54 Å². The molecule has 2 heteroatoms. The molecule has 0 saturated carbocycles. The molecule has 0 aromatic heterocycles. The van der Waals surface area contributed by atoms with Crippen LogP contribution in [0.15, 0.2) is 42.5 Å². The maximum atomic E-state index is 5.92. The highest BCUT2D eigenvalue weighted by Gasteiger charge is 2.25. The number of nitrogens with one attached hydrogen (secondary N) is 1. The van der Waals surface area contributed by atoms with Gasteiger partial charge < -0.3 is 11.1 Å². The SMILES string of the molecule is CC(C)C(C)(CN)NCc1cccc2ccccc12. The van der Waals surface area contributed by atoms with Gasteiger partial charge in [-0.15, -0.1) is 0 Å². The molecule has 1 unspecified atom stereocenters. The van der Waals surface area contributed by atoms with Crippen LogP contribution in [-0.4, -0.2) is 12.1 Å². The Morgan fingerprint density at radius 1 is 1.11 bits per heavy atom. The lowest BCUT2D eigenvalue weighted by atomic mass is 9.88. The average molecular weight is 256 g/mol. The van der Waals surface area contributed by atoms with E-state index < -0.39 is 0 Å². The number of fused-ring (bicyclic) bond motifs is 1. The maximum absolute atomic E-state index is 5.92. The van der Waals surface area contributed by atoms with Crippen LogP contribution in [-0.2, 0) is 6.54 Å². The molecule has 0 bridgehead atoms. The molecular formula is C17H24N2. The Morgan fingerprint density at radius 2 is 1.79 bits per heavy atom. The standard InChI is InChI=1S/C17H24N2/c1-13(2)17(3,12-18)19-11-15-9-6-8-14-7-4-5-10-16(14)15/h4-10,13,19H,11-12,18H2,1-3H3. The van der Waals surface area contributed by atoms with Crippen molar-refractivity contribution in [3.05, 3.63) is 48.0 Å². The summed E-state index contributed by atoms with van der Waals surface area (Å²) in [5.74, 6) is 0.507. The Morgan fingerprint density at radius 3 is 2.47 bits per heavy atom. The van der Waals surface area contributed by atoms with Gasteiger partial charge in [0.2, 0.25) is 0 Å². The lowest BCUT2D eigenvalue weighted by molar-refractivity contribution is 0.267. The molecule has 0 aliphatic heterocycles. The van der Waals surface area contributed by atoms with Crippen LogP contribution in [0.3, 0.4) is 0 Å². The molecule has 3 N–H and O–H groups in total. The minimum absolute atomic E-state index is 0.0169.